The molecule has 0 bridgehead atoms. The third-order valence-corrected chi connectivity index (χ3v) is 7.93. The molecule has 8 heteroatoms. The van der Waals surface area contributed by atoms with E-state index in [9.17, 15) is 26.3 Å². The fourth-order valence-corrected chi connectivity index (χ4v) is 5.42. The maximum Gasteiger partial charge on any atom is 0.398 e. The van der Waals surface area contributed by atoms with Crippen LogP contribution >= 0.6 is 0 Å². The van der Waals surface area contributed by atoms with Crippen LogP contribution in [0.25, 0.3) is 0 Å². The first kappa shape index (κ1) is 30.0. The average molecular weight is 539 g/mol. The Labute approximate surface area is 221 Å². The number of nitriles is 1. The second-order valence-electron chi connectivity index (χ2n) is 10.7. The standard InChI is InChI=1S/C28H33F6N.C2H3N/c1-20(2)35(19-13-21-8-4-3-5-9-21)18-7-10-22-23(25(14-15-25)27(29,30)31)11-6-12-24(22)26(16-17-26)28(32,33)34;1-2-3/h3-6,8-9,11-12,20H,7,10,13-19H2,1-2H3;1H3. The molecule has 2 nitrogen and oxygen atoms in total. The largest absolute Gasteiger partial charge is 0.398 e. The quantitative estimate of drug-likeness (QED) is 0.285. The number of hydrogen-bond acceptors (Lipinski definition) is 2. The van der Waals surface area contributed by atoms with E-state index in [0.29, 0.717) is 13.0 Å². The summed E-state index contributed by atoms with van der Waals surface area (Å²) in [5, 5.41) is 7.32. The lowest BCUT2D eigenvalue weighted by Gasteiger charge is -2.30. The van der Waals surface area contributed by atoms with Gasteiger partial charge in [-0.25, -0.2) is 0 Å². The van der Waals surface area contributed by atoms with E-state index >= 15 is 0 Å². The van der Waals surface area contributed by atoms with Crippen molar-refractivity contribution < 1.29 is 26.3 Å². The molecule has 2 aromatic carbocycles. The van der Waals surface area contributed by atoms with Crippen molar-refractivity contribution in [2.45, 2.75) is 94.9 Å². The van der Waals surface area contributed by atoms with Crippen LogP contribution in [0.1, 0.15) is 75.1 Å². The molecule has 2 aliphatic rings. The molecule has 0 aromatic heterocycles. The summed E-state index contributed by atoms with van der Waals surface area (Å²) in [4.78, 5) is 2.25. The first-order chi connectivity index (χ1) is 17.8. The van der Waals surface area contributed by atoms with Crippen LogP contribution < -0.4 is 0 Å². The molecular formula is C30H36F6N2. The maximum atomic E-state index is 14.0. The zero-order valence-electron chi connectivity index (χ0n) is 22.2. The number of benzene rings is 2. The Morgan fingerprint density at radius 1 is 0.789 bits per heavy atom. The van der Waals surface area contributed by atoms with E-state index in [0.717, 1.165) is 13.0 Å². The second-order valence-corrected chi connectivity index (χ2v) is 10.7. The van der Waals surface area contributed by atoms with Gasteiger partial charge in [0, 0.05) is 19.5 Å². The first-order valence-corrected chi connectivity index (χ1v) is 13.2. The van der Waals surface area contributed by atoms with Gasteiger partial charge in [0.15, 0.2) is 0 Å². The van der Waals surface area contributed by atoms with Gasteiger partial charge in [-0.1, -0.05) is 48.5 Å². The molecule has 4 rings (SSSR count). The Balaban J connectivity index is 0.00000127. The third-order valence-electron chi connectivity index (χ3n) is 7.93. The molecule has 38 heavy (non-hydrogen) atoms. The molecule has 0 N–H and O–H groups in total. The topological polar surface area (TPSA) is 27.0 Å². The molecule has 0 heterocycles. The smallest absolute Gasteiger partial charge is 0.301 e. The van der Waals surface area contributed by atoms with Gasteiger partial charge >= 0.3 is 12.4 Å². The van der Waals surface area contributed by atoms with Crippen molar-refractivity contribution >= 4 is 0 Å². The third kappa shape index (κ3) is 6.36. The Kier molecular flexibility index (Phi) is 9.24. The summed E-state index contributed by atoms with van der Waals surface area (Å²) < 4.78 is 84.2. The Morgan fingerprint density at radius 3 is 1.66 bits per heavy atom. The highest BCUT2D eigenvalue weighted by Crippen LogP contribution is 2.63. The average Bonchev–Trinajstić information content (AvgIpc) is 3.75. The zero-order valence-corrected chi connectivity index (χ0v) is 22.2. The molecule has 2 saturated carbocycles. The molecule has 2 fully saturated rings. The number of hydrogen-bond donors (Lipinski definition) is 0. The molecule has 208 valence electrons. The van der Waals surface area contributed by atoms with Gasteiger partial charge in [0.2, 0.25) is 0 Å². The monoisotopic (exact) mass is 538 g/mol. The van der Waals surface area contributed by atoms with Crippen molar-refractivity contribution in [1.29, 1.82) is 5.26 Å². The minimum Gasteiger partial charge on any atom is -0.301 e. The summed E-state index contributed by atoms with van der Waals surface area (Å²) >= 11 is 0. The number of nitrogens with zero attached hydrogens (tertiary/aromatic N) is 2. The predicted octanol–water partition coefficient (Wildman–Crippen LogP) is 8.29. The van der Waals surface area contributed by atoms with Crippen molar-refractivity contribution in [2.24, 2.45) is 0 Å². The van der Waals surface area contributed by atoms with E-state index in [1.54, 1.807) is 6.07 Å². The normalized spacial score (nSPS) is 17.5. The molecule has 0 amide bonds. The van der Waals surface area contributed by atoms with Crippen LogP contribution in [0.2, 0.25) is 0 Å². The van der Waals surface area contributed by atoms with Crippen LogP contribution in [0.5, 0.6) is 0 Å². The molecule has 0 spiro atoms. The summed E-state index contributed by atoms with van der Waals surface area (Å²) in [6.45, 7) is 6.97. The van der Waals surface area contributed by atoms with Crippen LogP contribution in [0.15, 0.2) is 48.5 Å². The van der Waals surface area contributed by atoms with E-state index in [-0.39, 0.29) is 54.8 Å². The van der Waals surface area contributed by atoms with E-state index in [1.165, 1.54) is 30.7 Å². The summed E-state index contributed by atoms with van der Waals surface area (Å²) in [5.74, 6) is 0. The van der Waals surface area contributed by atoms with Gasteiger partial charge in [0.05, 0.1) is 16.9 Å². The minimum atomic E-state index is -4.46. The lowest BCUT2D eigenvalue weighted by molar-refractivity contribution is -0.161. The molecule has 2 aromatic rings. The first-order valence-electron chi connectivity index (χ1n) is 13.2. The molecule has 0 radical (unpaired) electrons. The van der Waals surface area contributed by atoms with E-state index in [1.807, 2.05) is 18.2 Å². The van der Waals surface area contributed by atoms with Crippen LogP contribution in [0.3, 0.4) is 0 Å². The number of alkyl halides is 6. The van der Waals surface area contributed by atoms with Crippen LogP contribution in [0, 0.1) is 11.3 Å². The number of rotatable bonds is 10. The van der Waals surface area contributed by atoms with E-state index < -0.39 is 23.2 Å². The molecule has 0 aliphatic heterocycles. The Hall–Kier alpha value is -2.53. The Morgan fingerprint density at radius 2 is 1.26 bits per heavy atom. The van der Waals surface area contributed by atoms with Crippen LogP contribution in [-0.2, 0) is 23.7 Å². The number of halogens is 6. The maximum absolute atomic E-state index is 14.0. The lowest BCUT2D eigenvalue weighted by Crippen LogP contribution is -2.35. The fraction of sp³-hybridized carbons (Fsp3) is 0.567. The highest BCUT2D eigenvalue weighted by molar-refractivity contribution is 5.50. The Bertz CT molecular complexity index is 1040. The molecular weight excluding hydrogens is 502 g/mol. The van der Waals surface area contributed by atoms with Gasteiger partial charge in [0.25, 0.3) is 0 Å². The highest BCUT2D eigenvalue weighted by atomic mass is 19.4. The molecule has 0 unspecified atom stereocenters. The molecule has 0 atom stereocenters. The minimum absolute atomic E-state index is 0.0544. The zero-order chi connectivity index (χ0) is 28.2. The van der Waals surface area contributed by atoms with Gasteiger partial charge < -0.3 is 4.90 Å². The van der Waals surface area contributed by atoms with Crippen molar-refractivity contribution in [3.05, 3.63) is 70.8 Å². The van der Waals surface area contributed by atoms with E-state index in [4.69, 9.17) is 5.26 Å². The molecule has 0 saturated heterocycles. The van der Waals surface area contributed by atoms with Gasteiger partial charge in [-0.05, 0) is 87.6 Å². The summed E-state index contributed by atoms with van der Waals surface area (Å²) in [6, 6.07) is 16.2. The fourth-order valence-electron chi connectivity index (χ4n) is 5.42. The highest BCUT2D eigenvalue weighted by Gasteiger charge is 2.67. The summed E-state index contributed by atoms with van der Waals surface area (Å²) in [7, 11) is 0. The van der Waals surface area contributed by atoms with Crippen molar-refractivity contribution in [3.8, 4) is 6.07 Å². The molecule has 2 aliphatic carbocycles. The predicted molar refractivity (Wildman–Crippen MR) is 137 cm³/mol. The SMILES string of the molecule is CC#N.CC(C)N(CCCc1c(C2(C(F)(F)F)CC2)cccc1C1(C(F)(F)F)CC1)CCc1ccccc1. The summed E-state index contributed by atoms with van der Waals surface area (Å²) in [6.07, 6.45) is -7.57. The van der Waals surface area contributed by atoms with Gasteiger partial charge in [-0.2, -0.15) is 31.6 Å². The van der Waals surface area contributed by atoms with Gasteiger partial charge in [0.1, 0.15) is 0 Å². The van der Waals surface area contributed by atoms with Gasteiger partial charge in [-0.15, -0.1) is 0 Å². The van der Waals surface area contributed by atoms with E-state index in [2.05, 4.69) is 30.9 Å². The summed E-state index contributed by atoms with van der Waals surface area (Å²) in [5.41, 5.74) is -2.37. The second kappa shape index (κ2) is 11.7. The van der Waals surface area contributed by atoms with Gasteiger partial charge in [-0.3, -0.25) is 0 Å². The van der Waals surface area contributed by atoms with Crippen molar-refractivity contribution in [1.82, 2.24) is 4.90 Å². The van der Waals surface area contributed by atoms with Crippen LogP contribution in [0.4, 0.5) is 26.3 Å². The van der Waals surface area contributed by atoms with Crippen molar-refractivity contribution in [3.63, 3.8) is 0 Å². The van der Waals surface area contributed by atoms with Crippen LogP contribution in [-0.4, -0.2) is 36.4 Å². The lowest BCUT2D eigenvalue weighted by atomic mass is 9.81. The van der Waals surface area contributed by atoms with Crippen molar-refractivity contribution in [2.75, 3.05) is 13.1 Å².